The minimum absolute atomic E-state index is 0.0850. The number of rotatable bonds is 10. The third-order valence-corrected chi connectivity index (χ3v) is 6.57. The second kappa shape index (κ2) is 11.3. The minimum Gasteiger partial charge on any atom is -0.454 e. The van der Waals surface area contributed by atoms with Crippen molar-refractivity contribution >= 4 is 0 Å². The lowest BCUT2D eigenvalue weighted by Gasteiger charge is -2.25. The Balaban J connectivity index is 1.56. The summed E-state index contributed by atoms with van der Waals surface area (Å²) in [5.74, 6) is 1.68. The van der Waals surface area contributed by atoms with E-state index in [9.17, 15) is 13.2 Å². The van der Waals surface area contributed by atoms with Gasteiger partial charge < -0.3 is 14.0 Å². The van der Waals surface area contributed by atoms with Crippen molar-refractivity contribution in [3.8, 4) is 22.9 Å². The lowest BCUT2D eigenvalue weighted by molar-refractivity contribution is -0.141. The van der Waals surface area contributed by atoms with Crippen molar-refractivity contribution in [1.82, 2.24) is 14.5 Å². The zero-order valence-corrected chi connectivity index (χ0v) is 21.2. The van der Waals surface area contributed by atoms with Gasteiger partial charge >= 0.3 is 6.18 Å². The number of aromatic nitrogens is 2. The highest BCUT2D eigenvalue weighted by molar-refractivity contribution is 5.57. The number of nitrogens with zero attached hydrogens (tertiary/aromatic N) is 3. The second-order valence-corrected chi connectivity index (χ2v) is 9.42. The molecule has 0 radical (unpaired) electrons. The number of imidazole rings is 1. The molecule has 0 unspecified atom stereocenters. The molecule has 1 aliphatic heterocycles. The molecule has 0 saturated heterocycles. The van der Waals surface area contributed by atoms with Gasteiger partial charge in [0, 0.05) is 31.7 Å². The van der Waals surface area contributed by atoms with E-state index in [0.717, 1.165) is 24.0 Å². The van der Waals surface area contributed by atoms with E-state index in [-0.39, 0.29) is 19.0 Å². The van der Waals surface area contributed by atoms with Crippen LogP contribution in [0.3, 0.4) is 0 Å². The maximum absolute atomic E-state index is 14.4. The lowest BCUT2D eigenvalue weighted by Crippen LogP contribution is -2.26. The Morgan fingerprint density at radius 3 is 2.24 bits per heavy atom. The number of benzene rings is 3. The van der Waals surface area contributed by atoms with Crippen LogP contribution in [0, 0.1) is 0 Å². The number of fused-ring (bicyclic) bond motifs is 1. The number of unbranched alkanes of at least 4 members (excludes halogenated alkanes) is 1. The Labute approximate surface area is 220 Å². The number of alkyl halides is 3. The Bertz CT molecular complexity index is 1350. The summed E-state index contributed by atoms with van der Waals surface area (Å²) in [5, 5.41) is 0. The standard InChI is InChI=1S/C30H30F3N3O2/c1-2-3-16-36-25(28(30(31,32)33)34-29(36)24-12-8-5-9-13-24)20-35(18-22-10-6-4-7-11-22)19-23-14-15-26-27(17-23)38-21-37-26/h4-15,17H,2-3,16,18-21H2,1H3. The zero-order valence-electron chi connectivity index (χ0n) is 21.2. The molecule has 198 valence electrons. The van der Waals surface area contributed by atoms with Crippen LogP contribution in [0.5, 0.6) is 11.5 Å². The average molecular weight is 522 g/mol. The van der Waals surface area contributed by atoms with Crippen LogP contribution in [-0.2, 0) is 32.4 Å². The van der Waals surface area contributed by atoms with Crippen molar-refractivity contribution in [3.63, 3.8) is 0 Å². The molecule has 3 aromatic carbocycles. The highest BCUT2D eigenvalue weighted by Crippen LogP contribution is 2.37. The third-order valence-electron chi connectivity index (χ3n) is 6.57. The molecule has 5 rings (SSSR count). The molecule has 0 atom stereocenters. The van der Waals surface area contributed by atoms with E-state index >= 15 is 0 Å². The maximum Gasteiger partial charge on any atom is 0.435 e. The largest absolute Gasteiger partial charge is 0.454 e. The molecule has 0 fully saturated rings. The van der Waals surface area contributed by atoms with E-state index < -0.39 is 11.9 Å². The summed E-state index contributed by atoms with van der Waals surface area (Å²) in [4.78, 5) is 6.22. The Hall–Kier alpha value is -3.78. The van der Waals surface area contributed by atoms with E-state index in [0.29, 0.717) is 42.5 Å². The molecule has 0 spiro atoms. The summed E-state index contributed by atoms with van der Waals surface area (Å²) >= 11 is 0. The van der Waals surface area contributed by atoms with Crippen molar-refractivity contribution in [3.05, 3.63) is 101 Å². The normalized spacial score (nSPS) is 12.9. The van der Waals surface area contributed by atoms with E-state index in [4.69, 9.17) is 9.47 Å². The van der Waals surface area contributed by atoms with E-state index in [1.807, 2.05) is 90.7 Å². The summed E-state index contributed by atoms with van der Waals surface area (Å²) in [7, 11) is 0. The van der Waals surface area contributed by atoms with Crippen molar-refractivity contribution in [1.29, 1.82) is 0 Å². The van der Waals surface area contributed by atoms with Crippen molar-refractivity contribution in [2.75, 3.05) is 6.79 Å². The summed E-state index contributed by atoms with van der Waals surface area (Å²) in [6.45, 7) is 3.66. The maximum atomic E-state index is 14.4. The Morgan fingerprint density at radius 1 is 0.842 bits per heavy atom. The van der Waals surface area contributed by atoms with Crippen LogP contribution in [0.25, 0.3) is 11.4 Å². The van der Waals surface area contributed by atoms with Gasteiger partial charge in [0.15, 0.2) is 17.2 Å². The Kier molecular flexibility index (Phi) is 7.69. The first kappa shape index (κ1) is 25.9. The van der Waals surface area contributed by atoms with Crippen LogP contribution < -0.4 is 9.47 Å². The third kappa shape index (κ3) is 5.86. The summed E-state index contributed by atoms with van der Waals surface area (Å²) in [5.41, 5.74) is 1.98. The molecule has 4 aromatic rings. The van der Waals surface area contributed by atoms with Crippen molar-refractivity contribution in [2.45, 2.75) is 52.1 Å². The number of hydrogen-bond donors (Lipinski definition) is 0. The number of ether oxygens (including phenoxy) is 2. The highest BCUT2D eigenvalue weighted by atomic mass is 19.4. The van der Waals surface area contributed by atoms with Crippen LogP contribution in [0.4, 0.5) is 13.2 Å². The van der Waals surface area contributed by atoms with Gasteiger partial charge in [-0.15, -0.1) is 0 Å². The van der Waals surface area contributed by atoms with Crippen LogP contribution in [0.1, 0.15) is 42.3 Å². The van der Waals surface area contributed by atoms with E-state index in [1.165, 1.54) is 0 Å². The average Bonchev–Trinajstić information content (AvgIpc) is 3.53. The first-order chi connectivity index (χ1) is 18.4. The molecular weight excluding hydrogens is 491 g/mol. The van der Waals surface area contributed by atoms with E-state index in [2.05, 4.69) is 4.98 Å². The molecular formula is C30H30F3N3O2. The first-order valence-corrected chi connectivity index (χ1v) is 12.8. The second-order valence-electron chi connectivity index (χ2n) is 9.42. The zero-order chi connectivity index (χ0) is 26.5. The van der Waals surface area contributed by atoms with Crippen LogP contribution in [-0.4, -0.2) is 21.2 Å². The van der Waals surface area contributed by atoms with Gasteiger partial charge in [-0.1, -0.05) is 80.1 Å². The molecule has 0 bridgehead atoms. The summed E-state index contributed by atoms with van der Waals surface area (Å²) in [6.07, 6.45) is -2.97. The minimum atomic E-state index is -4.58. The van der Waals surface area contributed by atoms with E-state index in [1.54, 1.807) is 4.57 Å². The Morgan fingerprint density at radius 2 is 1.53 bits per heavy atom. The predicted octanol–water partition coefficient (Wildman–Crippen LogP) is 7.30. The lowest BCUT2D eigenvalue weighted by atomic mass is 10.1. The summed E-state index contributed by atoms with van der Waals surface area (Å²) < 4.78 is 56.0. The van der Waals surface area contributed by atoms with Gasteiger partial charge in [0.2, 0.25) is 6.79 Å². The number of hydrogen-bond acceptors (Lipinski definition) is 4. The molecule has 0 aliphatic carbocycles. The monoisotopic (exact) mass is 521 g/mol. The predicted molar refractivity (Wildman–Crippen MR) is 140 cm³/mol. The fourth-order valence-electron chi connectivity index (χ4n) is 4.76. The molecule has 0 N–H and O–H groups in total. The molecule has 1 aromatic heterocycles. The van der Waals surface area contributed by atoms with Crippen molar-refractivity contribution in [2.24, 2.45) is 0 Å². The van der Waals surface area contributed by atoms with Gasteiger partial charge in [0.25, 0.3) is 0 Å². The van der Waals surface area contributed by atoms with Gasteiger partial charge in [-0.2, -0.15) is 13.2 Å². The quantitative estimate of drug-likeness (QED) is 0.220. The van der Waals surface area contributed by atoms with Crippen molar-refractivity contribution < 1.29 is 22.6 Å². The van der Waals surface area contributed by atoms with Crippen LogP contribution in [0.15, 0.2) is 78.9 Å². The van der Waals surface area contributed by atoms with Gasteiger partial charge in [0.1, 0.15) is 5.82 Å². The summed E-state index contributed by atoms with van der Waals surface area (Å²) in [6, 6.07) is 24.6. The van der Waals surface area contributed by atoms with Crippen LogP contribution >= 0.6 is 0 Å². The van der Waals surface area contributed by atoms with Crippen LogP contribution in [0.2, 0.25) is 0 Å². The van der Waals surface area contributed by atoms with Gasteiger partial charge in [-0.05, 0) is 29.7 Å². The molecule has 1 aliphatic rings. The van der Waals surface area contributed by atoms with Gasteiger partial charge in [-0.25, -0.2) is 4.98 Å². The van der Waals surface area contributed by atoms with Gasteiger partial charge in [0.05, 0.1) is 5.69 Å². The molecule has 8 heteroatoms. The topological polar surface area (TPSA) is 39.5 Å². The number of halogens is 3. The van der Waals surface area contributed by atoms with Gasteiger partial charge in [-0.3, -0.25) is 4.90 Å². The molecule has 5 nitrogen and oxygen atoms in total. The fraction of sp³-hybridized carbons (Fsp3) is 0.300. The highest BCUT2D eigenvalue weighted by Gasteiger charge is 2.39. The molecule has 2 heterocycles. The first-order valence-electron chi connectivity index (χ1n) is 12.8. The molecule has 0 saturated carbocycles. The smallest absolute Gasteiger partial charge is 0.435 e. The molecule has 38 heavy (non-hydrogen) atoms. The SMILES string of the molecule is CCCCn1c(-c2ccccc2)nc(C(F)(F)F)c1CN(Cc1ccccc1)Cc1ccc2c(c1)OCO2. The molecule has 0 amide bonds. The fourth-order valence-corrected chi connectivity index (χ4v) is 4.76.